The molecule has 4 nitrogen and oxygen atoms in total. The number of ether oxygens (including phenoxy) is 2. The van der Waals surface area contributed by atoms with Crippen LogP contribution in [0.4, 0.5) is 13.2 Å². The van der Waals surface area contributed by atoms with Crippen LogP contribution in [-0.4, -0.2) is 23.3 Å². The van der Waals surface area contributed by atoms with E-state index in [1.54, 1.807) is 12.1 Å². The molecule has 0 N–H and O–H groups in total. The van der Waals surface area contributed by atoms with E-state index in [4.69, 9.17) is 27.9 Å². The number of alkyl halides is 3. The van der Waals surface area contributed by atoms with Gasteiger partial charge in [-0.3, -0.25) is 4.98 Å². The minimum Gasteiger partial charge on any atom is -0.472 e. The number of nitrogens with zero attached hydrogens (tertiary/aromatic N) is 2. The summed E-state index contributed by atoms with van der Waals surface area (Å²) in [6.07, 6.45) is -1.99. The van der Waals surface area contributed by atoms with Gasteiger partial charge >= 0.3 is 6.36 Å². The first-order valence-corrected chi connectivity index (χ1v) is 9.97. The van der Waals surface area contributed by atoms with Crippen molar-refractivity contribution in [2.45, 2.75) is 25.4 Å². The lowest BCUT2D eigenvalue weighted by Gasteiger charge is -2.14. The summed E-state index contributed by atoms with van der Waals surface area (Å²) in [5.41, 5.74) is 3.03. The Hall–Kier alpha value is -2.77. The van der Waals surface area contributed by atoms with E-state index in [0.717, 1.165) is 16.7 Å². The minimum absolute atomic E-state index is 0.236. The Balaban J connectivity index is 1.55. The van der Waals surface area contributed by atoms with E-state index in [-0.39, 0.29) is 17.9 Å². The Morgan fingerprint density at radius 3 is 2.00 bits per heavy atom. The first kappa shape index (κ1) is 21.5. The number of pyridine rings is 1. The average molecular weight is 467 g/mol. The Kier molecular flexibility index (Phi) is 5.81. The molecule has 0 fully saturated rings. The van der Waals surface area contributed by atoms with Gasteiger partial charge in [-0.1, -0.05) is 59.6 Å². The fraction of sp³-hybridized carbons (Fsp3) is 0.182. The highest BCUT2D eigenvalue weighted by Crippen LogP contribution is 2.35. The number of aromatic nitrogens is 1. The lowest BCUT2D eigenvalue weighted by atomic mass is 9.99. The topological polar surface area (TPSA) is 43.7 Å². The van der Waals surface area contributed by atoms with E-state index in [9.17, 15) is 13.2 Å². The van der Waals surface area contributed by atoms with Gasteiger partial charge in [-0.05, 0) is 35.7 Å². The standard InChI is InChI=1S/C22H15Cl2F3N2O2/c1-12-20(29-21(30-12)19-17(23)10-28-11-18(19)24)15-4-2-13(3-5-15)14-6-8-16(9-7-14)31-22(25,26)27/h2-12,20H,1H3. The summed E-state index contributed by atoms with van der Waals surface area (Å²) >= 11 is 12.4. The van der Waals surface area contributed by atoms with Crippen LogP contribution in [0.5, 0.6) is 5.75 Å². The van der Waals surface area contributed by atoms with Gasteiger partial charge in [-0.2, -0.15) is 0 Å². The van der Waals surface area contributed by atoms with Gasteiger partial charge in [0.1, 0.15) is 17.9 Å². The number of rotatable bonds is 4. The second kappa shape index (κ2) is 8.40. The fourth-order valence-corrected chi connectivity index (χ4v) is 3.84. The van der Waals surface area contributed by atoms with Crippen LogP contribution >= 0.6 is 23.2 Å². The molecule has 2 unspecified atom stereocenters. The van der Waals surface area contributed by atoms with Gasteiger partial charge in [0.2, 0.25) is 5.90 Å². The van der Waals surface area contributed by atoms with Gasteiger partial charge in [0.15, 0.2) is 0 Å². The lowest BCUT2D eigenvalue weighted by Crippen LogP contribution is -2.16. The zero-order valence-corrected chi connectivity index (χ0v) is 17.5. The Bertz CT molecular complexity index is 1100. The average Bonchev–Trinajstić information content (AvgIpc) is 3.08. The summed E-state index contributed by atoms with van der Waals surface area (Å²) in [4.78, 5) is 8.59. The molecule has 0 bridgehead atoms. The number of halogens is 5. The van der Waals surface area contributed by atoms with Crippen LogP contribution < -0.4 is 4.74 Å². The minimum atomic E-state index is -4.71. The van der Waals surface area contributed by atoms with Crippen molar-refractivity contribution in [2.75, 3.05) is 0 Å². The summed E-state index contributed by atoms with van der Waals surface area (Å²) < 4.78 is 46.7. The normalized spacial score (nSPS) is 18.5. The van der Waals surface area contributed by atoms with Crippen LogP contribution in [0.2, 0.25) is 10.0 Å². The van der Waals surface area contributed by atoms with Crippen LogP contribution in [0, 0.1) is 0 Å². The molecule has 0 saturated heterocycles. The molecule has 0 amide bonds. The molecule has 1 aliphatic rings. The molecule has 0 radical (unpaired) electrons. The van der Waals surface area contributed by atoms with E-state index >= 15 is 0 Å². The highest BCUT2D eigenvalue weighted by molar-refractivity contribution is 6.39. The molecule has 2 heterocycles. The van der Waals surface area contributed by atoms with Crippen LogP contribution in [0.3, 0.4) is 0 Å². The highest BCUT2D eigenvalue weighted by atomic mass is 35.5. The summed E-state index contributed by atoms with van der Waals surface area (Å²) in [7, 11) is 0. The molecule has 2 atom stereocenters. The lowest BCUT2D eigenvalue weighted by molar-refractivity contribution is -0.274. The third-order valence-corrected chi connectivity index (χ3v) is 5.31. The molecule has 9 heteroatoms. The first-order chi connectivity index (χ1) is 14.7. The van der Waals surface area contributed by atoms with Crippen molar-refractivity contribution in [3.05, 3.63) is 82.1 Å². The van der Waals surface area contributed by atoms with E-state index in [0.29, 0.717) is 21.5 Å². The second-order valence-corrected chi connectivity index (χ2v) is 7.69. The number of benzene rings is 2. The first-order valence-electron chi connectivity index (χ1n) is 9.21. The molecular weight excluding hydrogens is 452 g/mol. The SMILES string of the molecule is CC1OC(c2c(Cl)cncc2Cl)=NC1c1ccc(-c2ccc(OC(F)(F)F)cc2)cc1. The largest absolute Gasteiger partial charge is 0.573 e. The maximum atomic E-state index is 12.3. The predicted molar refractivity (Wildman–Crippen MR) is 113 cm³/mol. The number of hydrogen-bond acceptors (Lipinski definition) is 4. The summed E-state index contributed by atoms with van der Waals surface area (Å²) in [5.74, 6) is 0.0966. The molecular formula is C22H15Cl2F3N2O2. The van der Waals surface area contributed by atoms with Gasteiger partial charge in [-0.15, -0.1) is 13.2 Å². The molecule has 2 aromatic carbocycles. The Labute approximate surface area is 186 Å². The van der Waals surface area contributed by atoms with Crippen molar-refractivity contribution in [1.82, 2.24) is 4.98 Å². The predicted octanol–water partition coefficient (Wildman–Crippen LogP) is 6.86. The monoisotopic (exact) mass is 466 g/mol. The van der Waals surface area contributed by atoms with Crippen molar-refractivity contribution >= 4 is 29.1 Å². The Morgan fingerprint density at radius 1 is 0.903 bits per heavy atom. The summed E-state index contributed by atoms with van der Waals surface area (Å²) in [6, 6.07) is 13.0. The zero-order valence-electron chi connectivity index (χ0n) is 16.0. The molecule has 0 saturated carbocycles. The third kappa shape index (κ3) is 4.78. The maximum absolute atomic E-state index is 12.3. The number of aliphatic imine (C=N–C) groups is 1. The van der Waals surface area contributed by atoms with Gasteiger partial charge in [0.25, 0.3) is 0 Å². The van der Waals surface area contributed by atoms with Crippen molar-refractivity contribution in [2.24, 2.45) is 4.99 Å². The third-order valence-electron chi connectivity index (χ3n) is 4.74. The van der Waals surface area contributed by atoms with Crippen molar-refractivity contribution in [3.8, 4) is 16.9 Å². The van der Waals surface area contributed by atoms with E-state index in [1.807, 2.05) is 31.2 Å². The van der Waals surface area contributed by atoms with Crippen LogP contribution in [-0.2, 0) is 4.74 Å². The molecule has 0 aliphatic carbocycles. The van der Waals surface area contributed by atoms with E-state index in [1.165, 1.54) is 24.5 Å². The second-order valence-electron chi connectivity index (χ2n) is 6.87. The molecule has 31 heavy (non-hydrogen) atoms. The van der Waals surface area contributed by atoms with Gasteiger partial charge < -0.3 is 9.47 Å². The van der Waals surface area contributed by atoms with Crippen LogP contribution in [0.25, 0.3) is 11.1 Å². The molecule has 1 aromatic heterocycles. The van der Waals surface area contributed by atoms with Crippen molar-refractivity contribution in [3.63, 3.8) is 0 Å². The van der Waals surface area contributed by atoms with Crippen LogP contribution in [0.1, 0.15) is 24.1 Å². The molecule has 0 spiro atoms. The molecule has 3 aromatic rings. The summed E-state index contributed by atoms with van der Waals surface area (Å²) in [6.45, 7) is 1.90. The number of hydrogen-bond donors (Lipinski definition) is 0. The molecule has 1 aliphatic heterocycles. The molecule has 160 valence electrons. The fourth-order valence-electron chi connectivity index (χ4n) is 3.31. The van der Waals surface area contributed by atoms with Crippen LogP contribution in [0.15, 0.2) is 65.9 Å². The Morgan fingerprint density at radius 2 is 1.45 bits per heavy atom. The van der Waals surface area contributed by atoms with Gasteiger partial charge in [0, 0.05) is 12.4 Å². The summed E-state index contributed by atoms with van der Waals surface area (Å²) in [5, 5.41) is 0.708. The van der Waals surface area contributed by atoms with Crippen molar-refractivity contribution < 1.29 is 22.6 Å². The van der Waals surface area contributed by atoms with Gasteiger partial charge in [0.05, 0.1) is 15.6 Å². The van der Waals surface area contributed by atoms with Crippen molar-refractivity contribution in [1.29, 1.82) is 0 Å². The highest BCUT2D eigenvalue weighted by Gasteiger charge is 2.32. The van der Waals surface area contributed by atoms with Gasteiger partial charge in [-0.25, -0.2) is 4.99 Å². The molecule has 4 rings (SSSR count). The quantitative estimate of drug-likeness (QED) is 0.421. The van der Waals surface area contributed by atoms with E-state index in [2.05, 4.69) is 14.7 Å². The maximum Gasteiger partial charge on any atom is 0.573 e. The smallest absolute Gasteiger partial charge is 0.472 e. The zero-order chi connectivity index (χ0) is 22.2. The van der Waals surface area contributed by atoms with E-state index < -0.39 is 6.36 Å².